The van der Waals surface area contributed by atoms with Crippen molar-refractivity contribution in [1.82, 2.24) is 5.32 Å². The van der Waals surface area contributed by atoms with Gasteiger partial charge in [0, 0.05) is 19.4 Å². The van der Waals surface area contributed by atoms with Gasteiger partial charge in [0.05, 0.1) is 0 Å². The van der Waals surface area contributed by atoms with Gasteiger partial charge in [0.15, 0.2) is 0 Å². The predicted octanol–water partition coefficient (Wildman–Crippen LogP) is 1.94. The van der Waals surface area contributed by atoms with Gasteiger partial charge in [-0.1, -0.05) is 19.1 Å². The Balaban J connectivity index is 2.49. The highest BCUT2D eigenvalue weighted by molar-refractivity contribution is 5.76. The van der Waals surface area contributed by atoms with Crippen molar-refractivity contribution in [2.75, 3.05) is 6.54 Å². The zero-order chi connectivity index (χ0) is 12.5. The van der Waals surface area contributed by atoms with Crippen LogP contribution in [-0.2, 0) is 14.3 Å². The molecule has 1 rings (SSSR count). The van der Waals surface area contributed by atoms with Gasteiger partial charge in [0.1, 0.15) is 6.10 Å². The van der Waals surface area contributed by atoms with Crippen LogP contribution in [0.5, 0.6) is 0 Å². The van der Waals surface area contributed by atoms with E-state index in [0.717, 1.165) is 19.3 Å². The second kappa shape index (κ2) is 7.87. The highest BCUT2D eigenvalue weighted by Crippen LogP contribution is 2.11. The Labute approximate surface area is 102 Å². The van der Waals surface area contributed by atoms with Crippen molar-refractivity contribution in [3.05, 3.63) is 12.2 Å². The monoisotopic (exact) mass is 239 g/mol. The molecule has 0 aromatic rings. The van der Waals surface area contributed by atoms with Crippen LogP contribution in [0.3, 0.4) is 0 Å². The number of ether oxygens (including phenoxy) is 1. The van der Waals surface area contributed by atoms with Crippen molar-refractivity contribution in [3.8, 4) is 0 Å². The Bertz CT molecular complexity index is 286. The molecule has 17 heavy (non-hydrogen) atoms. The summed E-state index contributed by atoms with van der Waals surface area (Å²) in [6.45, 7) is 2.54. The molecule has 1 aliphatic rings. The maximum absolute atomic E-state index is 11.5. The Morgan fingerprint density at radius 2 is 2.18 bits per heavy atom. The Morgan fingerprint density at radius 3 is 2.94 bits per heavy atom. The van der Waals surface area contributed by atoms with Gasteiger partial charge in [-0.2, -0.15) is 0 Å². The molecule has 0 saturated carbocycles. The first-order valence-corrected chi connectivity index (χ1v) is 6.33. The number of cyclic esters (lactones) is 1. The summed E-state index contributed by atoms with van der Waals surface area (Å²) in [5.41, 5.74) is 0. The third kappa shape index (κ3) is 6.09. The molecule has 1 N–H and O–H groups in total. The molecule has 4 nitrogen and oxygen atoms in total. The summed E-state index contributed by atoms with van der Waals surface area (Å²) < 4.78 is 5.34. The SMILES string of the molecule is CCC1CCCC(=O)NC/C=C/CCC(=O)O1. The number of carbonyl (C=O) groups is 2. The van der Waals surface area contributed by atoms with Gasteiger partial charge < -0.3 is 10.1 Å². The number of hydrogen-bond donors (Lipinski definition) is 1. The van der Waals surface area contributed by atoms with Gasteiger partial charge in [-0.05, 0) is 25.7 Å². The topological polar surface area (TPSA) is 55.4 Å². The lowest BCUT2D eigenvalue weighted by Crippen LogP contribution is -2.23. The molecule has 1 heterocycles. The van der Waals surface area contributed by atoms with Crippen molar-refractivity contribution in [3.63, 3.8) is 0 Å². The molecule has 0 saturated heterocycles. The van der Waals surface area contributed by atoms with Gasteiger partial charge in [0.25, 0.3) is 0 Å². The van der Waals surface area contributed by atoms with E-state index in [1.54, 1.807) is 0 Å². The number of nitrogens with one attached hydrogen (secondary N) is 1. The third-order valence-electron chi connectivity index (χ3n) is 2.78. The summed E-state index contributed by atoms with van der Waals surface area (Å²) in [6, 6.07) is 0. The molecule has 0 fully saturated rings. The lowest BCUT2D eigenvalue weighted by Gasteiger charge is -2.15. The van der Waals surface area contributed by atoms with E-state index in [1.807, 2.05) is 19.1 Å². The molecule has 1 aliphatic heterocycles. The first kappa shape index (κ1) is 13.7. The largest absolute Gasteiger partial charge is 0.462 e. The summed E-state index contributed by atoms with van der Waals surface area (Å²) in [5, 5.41) is 2.81. The van der Waals surface area contributed by atoms with Crippen molar-refractivity contribution in [2.45, 2.75) is 51.6 Å². The predicted molar refractivity (Wildman–Crippen MR) is 65.4 cm³/mol. The lowest BCUT2D eigenvalue weighted by molar-refractivity contribution is -0.149. The summed E-state index contributed by atoms with van der Waals surface area (Å²) in [7, 11) is 0. The Morgan fingerprint density at radius 1 is 1.35 bits per heavy atom. The number of amides is 1. The molecule has 0 aromatic heterocycles. The number of esters is 1. The second-order valence-corrected chi connectivity index (χ2v) is 4.23. The van der Waals surface area contributed by atoms with E-state index in [1.165, 1.54) is 0 Å². The molecule has 0 spiro atoms. The first-order valence-electron chi connectivity index (χ1n) is 6.33. The minimum absolute atomic E-state index is 0.0416. The van der Waals surface area contributed by atoms with Gasteiger partial charge in [-0.3, -0.25) is 9.59 Å². The van der Waals surface area contributed by atoms with E-state index in [0.29, 0.717) is 25.8 Å². The Kier molecular flexibility index (Phi) is 6.37. The third-order valence-corrected chi connectivity index (χ3v) is 2.78. The summed E-state index contributed by atoms with van der Waals surface area (Å²) >= 11 is 0. The fraction of sp³-hybridized carbons (Fsp3) is 0.692. The second-order valence-electron chi connectivity index (χ2n) is 4.23. The van der Waals surface area contributed by atoms with E-state index in [-0.39, 0.29) is 18.0 Å². The van der Waals surface area contributed by atoms with Crippen molar-refractivity contribution in [2.24, 2.45) is 0 Å². The van der Waals surface area contributed by atoms with Gasteiger partial charge in [-0.25, -0.2) is 0 Å². The van der Waals surface area contributed by atoms with Gasteiger partial charge in [-0.15, -0.1) is 0 Å². The minimum Gasteiger partial charge on any atom is -0.462 e. The highest BCUT2D eigenvalue weighted by Gasteiger charge is 2.13. The zero-order valence-electron chi connectivity index (χ0n) is 10.4. The molecule has 1 atom stereocenters. The molecule has 0 radical (unpaired) electrons. The average molecular weight is 239 g/mol. The van der Waals surface area contributed by atoms with E-state index in [4.69, 9.17) is 4.74 Å². The van der Waals surface area contributed by atoms with Crippen LogP contribution < -0.4 is 5.32 Å². The van der Waals surface area contributed by atoms with Crippen LogP contribution in [0.4, 0.5) is 0 Å². The zero-order valence-corrected chi connectivity index (χ0v) is 10.4. The molecule has 96 valence electrons. The molecule has 0 aliphatic carbocycles. The van der Waals surface area contributed by atoms with Gasteiger partial charge >= 0.3 is 5.97 Å². The van der Waals surface area contributed by atoms with Crippen LogP contribution in [0.1, 0.15) is 45.4 Å². The van der Waals surface area contributed by atoms with Crippen molar-refractivity contribution < 1.29 is 14.3 Å². The van der Waals surface area contributed by atoms with Crippen LogP contribution in [0.15, 0.2) is 12.2 Å². The number of carbonyl (C=O) groups excluding carboxylic acids is 2. The summed E-state index contributed by atoms with van der Waals surface area (Å²) in [5.74, 6) is -0.0740. The Hall–Kier alpha value is -1.32. The van der Waals surface area contributed by atoms with Crippen molar-refractivity contribution >= 4 is 11.9 Å². The molecule has 1 amide bonds. The van der Waals surface area contributed by atoms with E-state index >= 15 is 0 Å². The smallest absolute Gasteiger partial charge is 0.306 e. The van der Waals surface area contributed by atoms with Gasteiger partial charge in [0.2, 0.25) is 5.91 Å². The van der Waals surface area contributed by atoms with Crippen LogP contribution in [-0.4, -0.2) is 24.5 Å². The molecular formula is C13H21NO3. The molecule has 4 heteroatoms. The standard InChI is InChI=1S/C13H21NO3/c1-2-11-7-6-8-12(15)14-10-5-3-4-9-13(16)17-11/h3,5,11H,2,4,6-10H2,1H3,(H,14,15)/b5-3+. The normalized spacial score (nSPS) is 25.8. The van der Waals surface area contributed by atoms with Crippen molar-refractivity contribution in [1.29, 1.82) is 0 Å². The van der Waals surface area contributed by atoms with E-state index in [2.05, 4.69) is 5.32 Å². The quantitative estimate of drug-likeness (QED) is 0.562. The molecule has 1 unspecified atom stereocenters. The minimum atomic E-state index is -0.139. The maximum Gasteiger partial charge on any atom is 0.306 e. The fourth-order valence-corrected chi connectivity index (χ4v) is 1.75. The molecule has 0 bridgehead atoms. The summed E-state index contributed by atoms with van der Waals surface area (Å²) in [4.78, 5) is 22.9. The number of allylic oxidation sites excluding steroid dienone is 1. The lowest BCUT2D eigenvalue weighted by atomic mass is 10.1. The number of hydrogen-bond acceptors (Lipinski definition) is 3. The van der Waals surface area contributed by atoms with Crippen LogP contribution >= 0.6 is 0 Å². The van der Waals surface area contributed by atoms with E-state index in [9.17, 15) is 9.59 Å². The van der Waals surface area contributed by atoms with Crippen LogP contribution in [0, 0.1) is 0 Å². The van der Waals surface area contributed by atoms with E-state index < -0.39 is 0 Å². The van der Waals surface area contributed by atoms with Crippen LogP contribution in [0.2, 0.25) is 0 Å². The summed E-state index contributed by atoms with van der Waals surface area (Å²) in [6.07, 6.45) is 7.67. The molecule has 0 aromatic carbocycles. The molecular weight excluding hydrogens is 218 g/mol. The first-order chi connectivity index (χ1) is 8.22. The highest BCUT2D eigenvalue weighted by atomic mass is 16.5. The van der Waals surface area contributed by atoms with Crippen LogP contribution in [0.25, 0.3) is 0 Å². The fourth-order valence-electron chi connectivity index (χ4n) is 1.75. The average Bonchev–Trinajstić information content (AvgIpc) is 2.32. The maximum atomic E-state index is 11.5. The number of rotatable bonds is 1.